The maximum atomic E-state index is 13.8. The molecule has 0 aliphatic carbocycles. The van der Waals surface area contributed by atoms with E-state index in [-0.39, 0.29) is 11.8 Å². The van der Waals surface area contributed by atoms with Gasteiger partial charge in [0.2, 0.25) is 11.8 Å². The third-order valence-electron chi connectivity index (χ3n) is 6.73. The minimum atomic E-state index is -0.672. The summed E-state index contributed by atoms with van der Waals surface area (Å²) in [5.74, 6) is -0.804. The average Bonchev–Trinajstić information content (AvgIpc) is 2.85. The maximum absolute atomic E-state index is 13.8. The number of hydrogen-bond donors (Lipinski definition) is 0. The molecule has 184 valence electrons. The molecule has 0 saturated carbocycles. The zero-order chi connectivity index (χ0) is 24.3. The van der Waals surface area contributed by atoms with Crippen molar-refractivity contribution < 1.29 is 9.59 Å². The van der Waals surface area contributed by atoms with Crippen LogP contribution in [0.15, 0.2) is 48.5 Å². The lowest BCUT2D eigenvalue weighted by Gasteiger charge is -2.36. The van der Waals surface area contributed by atoms with Crippen molar-refractivity contribution in [1.29, 1.82) is 0 Å². The highest BCUT2D eigenvalue weighted by Gasteiger charge is 2.39. The normalized spacial score (nSPS) is 15.3. The van der Waals surface area contributed by atoms with Gasteiger partial charge in [-0.1, -0.05) is 100 Å². The Morgan fingerprint density at radius 3 is 2.18 bits per heavy atom. The Morgan fingerprint density at radius 1 is 0.912 bits per heavy atom. The van der Waals surface area contributed by atoms with Gasteiger partial charge in [0.1, 0.15) is 5.92 Å². The molecule has 0 N–H and O–H groups in total. The molecular weight excluding hydrogens is 444 g/mol. The van der Waals surface area contributed by atoms with E-state index in [1.807, 2.05) is 53.4 Å². The Balaban J connectivity index is 1.81. The van der Waals surface area contributed by atoms with Gasteiger partial charge in [0, 0.05) is 23.8 Å². The number of rotatable bonds is 13. The first-order valence-corrected chi connectivity index (χ1v) is 13.4. The van der Waals surface area contributed by atoms with Gasteiger partial charge < -0.3 is 9.80 Å². The van der Waals surface area contributed by atoms with Crippen LogP contribution >= 0.6 is 11.6 Å². The molecule has 0 fully saturated rings. The van der Waals surface area contributed by atoms with Crippen molar-refractivity contribution in [3.05, 3.63) is 64.7 Å². The van der Waals surface area contributed by atoms with Crippen molar-refractivity contribution in [2.24, 2.45) is 5.92 Å². The Labute approximate surface area is 210 Å². The molecule has 0 saturated heterocycles. The highest BCUT2D eigenvalue weighted by molar-refractivity contribution is 6.31. The monoisotopic (exact) mass is 482 g/mol. The number of para-hydroxylation sites is 1. The summed E-state index contributed by atoms with van der Waals surface area (Å²) in [6.45, 7) is 6.23. The predicted octanol–water partition coefficient (Wildman–Crippen LogP) is 7.03. The van der Waals surface area contributed by atoms with Crippen LogP contribution < -0.4 is 4.90 Å². The SMILES string of the molecule is CCCCCCN(CCCCCC)C(=O)C1Cc2ccccc2N(Cc2ccccc2Cl)C1=O. The van der Waals surface area contributed by atoms with E-state index in [2.05, 4.69) is 13.8 Å². The third kappa shape index (κ3) is 6.85. The second-order valence-corrected chi connectivity index (χ2v) is 9.76. The Kier molecular flexibility index (Phi) is 10.5. The van der Waals surface area contributed by atoms with Crippen LogP contribution in [0.4, 0.5) is 5.69 Å². The van der Waals surface area contributed by atoms with Gasteiger partial charge in [0.05, 0.1) is 6.54 Å². The topological polar surface area (TPSA) is 40.6 Å². The lowest BCUT2D eigenvalue weighted by Crippen LogP contribution is -2.49. The fourth-order valence-electron chi connectivity index (χ4n) is 4.73. The van der Waals surface area contributed by atoms with E-state index in [1.165, 1.54) is 25.7 Å². The highest BCUT2D eigenvalue weighted by atomic mass is 35.5. The minimum absolute atomic E-state index is 0.0170. The molecule has 1 atom stereocenters. The van der Waals surface area contributed by atoms with Crippen molar-refractivity contribution in [3.8, 4) is 0 Å². The number of hydrogen-bond acceptors (Lipinski definition) is 2. The molecule has 2 aromatic carbocycles. The number of carbonyl (C=O) groups is 2. The molecule has 0 aromatic heterocycles. The number of carbonyl (C=O) groups excluding carboxylic acids is 2. The quantitative estimate of drug-likeness (QED) is 0.227. The van der Waals surface area contributed by atoms with Gasteiger partial charge >= 0.3 is 0 Å². The predicted molar refractivity (Wildman–Crippen MR) is 141 cm³/mol. The summed E-state index contributed by atoms with van der Waals surface area (Å²) in [6.07, 6.45) is 9.39. The molecule has 1 aliphatic rings. The zero-order valence-electron chi connectivity index (χ0n) is 20.8. The molecule has 0 spiro atoms. The Hall–Kier alpha value is -2.33. The molecule has 0 bridgehead atoms. The summed E-state index contributed by atoms with van der Waals surface area (Å²) in [7, 11) is 0. The van der Waals surface area contributed by atoms with Gasteiger partial charge in [-0.2, -0.15) is 0 Å². The number of anilines is 1. The summed E-state index contributed by atoms with van der Waals surface area (Å²) in [5, 5.41) is 0.634. The van der Waals surface area contributed by atoms with Crippen molar-refractivity contribution >= 4 is 29.1 Å². The number of benzene rings is 2. The summed E-state index contributed by atoms with van der Waals surface area (Å²) >= 11 is 6.42. The highest BCUT2D eigenvalue weighted by Crippen LogP contribution is 2.33. The van der Waals surface area contributed by atoms with Gasteiger partial charge in [-0.25, -0.2) is 0 Å². The molecule has 1 aliphatic heterocycles. The molecule has 4 nitrogen and oxygen atoms in total. The number of halogens is 1. The van der Waals surface area contributed by atoms with Gasteiger partial charge in [-0.05, 0) is 42.5 Å². The van der Waals surface area contributed by atoms with E-state index in [9.17, 15) is 9.59 Å². The first-order chi connectivity index (χ1) is 16.6. The summed E-state index contributed by atoms with van der Waals surface area (Å²) in [5.41, 5.74) is 2.81. The van der Waals surface area contributed by atoms with Gasteiger partial charge in [-0.15, -0.1) is 0 Å². The van der Waals surface area contributed by atoms with E-state index in [1.54, 1.807) is 4.90 Å². The average molecular weight is 483 g/mol. The lowest BCUT2D eigenvalue weighted by atomic mass is 9.90. The number of unbranched alkanes of at least 4 members (excludes halogenated alkanes) is 6. The Bertz CT molecular complexity index is 933. The Morgan fingerprint density at radius 2 is 1.53 bits per heavy atom. The van der Waals surface area contributed by atoms with Crippen molar-refractivity contribution in [1.82, 2.24) is 4.90 Å². The molecule has 1 heterocycles. The van der Waals surface area contributed by atoms with Crippen LogP contribution in [0.2, 0.25) is 5.02 Å². The van der Waals surface area contributed by atoms with E-state index in [0.717, 1.165) is 55.6 Å². The lowest BCUT2D eigenvalue weighted by molar-refractivity contribution is -0.141. The minimum Gasteiger partial charge on any atom is -0.342 e. The molecule has 0 radical (unpaired) electrons. The zero-order valence-corrected chi connectivity index (χ0v) is 21.5. The van der Waals surface area contributed by atoms with Crippen LogP contribution in [-0.2, 0) is 22.6 Å². The number of amides is 2. The molecule has 34 heavy (non-hydrogen) atoms. The van der Waals surface area contributed by atoms with Crippen LogP contribution in [-0.4, -0.2) is 29.8 Å². The van der Waals surface area contributed by atoms with Crippen LogP contribution in [0.1, 0.15) is 76.3 Å². The maximum Gasteiger partial charge on any atom is 0.240 e. The molecule has 1 unspecified atom stereocenters. The van der Waals surface area contributed by atoms with Crippen molar-refractivity contribution in [3.63, 3.8) is 0 Å². The van der Waals surface area contributed by atoms with Crippen molar-refractivity contribution in [2.75, 3.05) is 18.0 Å². The third-order valence-corrected chi connectivity index (χ3v) is 7.10. The van der Waals surface area contributed by atoms with Crippen LogP contribution in [0, 0.1) is 5.92 Å². The van der Waals surface area contributed by atoms with E-state index in [0.29, 0.717) is 18.0 Å². The fourth-order valence-corrected chi connectivity index (χ4v) is 4.92. The first-order valence-electron chi connectivity index (χ1n) is 13.0. The van der Waals surface area contributed by atoms with Crippen molar-refractivity contribution in [2.45, 2.75) is 78.2 Å². The smallest absolute Gasteiger partial charge is 0.240 e. The van der Waals surface area contributed by atoms with E-state index < -0.39 is 5.92 Å². The van der Waals surface area contributed by atoms with E-state index >= 15 is 0 Å². The summed E-state index contributed by atoms with van der Waals surface area (Å²) in [6, 6.07) is 15.5. The van der Waals surface area contributed by atoms with Crippen LogP contribution in [0.25, 0.3) is 0 Å². The fraction of sp³-hybridized carbons (Fsp3) is 0.517. The second-order valence-electron chi connectivity index (χ2n) is 9.35. The first kappa shape index (κ1) is 26.3. The van der Waals surface area contributed by atoms with Gasteiger partial charge in [-0.3, -0.25) is 9.59 Å². The number of nitrogens with zero attached hydrogens (tertiary/aromatic N) is 2. The second kappa shape index (κ2) is 13.5. The molecular formula is C29H39ClN2O2. The van der Waals surface area contributed by atoms with Gasteiger partial charge in [0.15, 0.2) is 0 Å². The molecule has 2 aromatic rings. The van der Waals surface area contributed by atoms with Crippen LogP contribution in [0.3, 0.4) is 0 Å². The molecule has 2 amide bonds. The standard InChI is InChI=1S/C29H39ClN2O2/c1-3-5-7-13-19-31(20-14-8-6-4-2)28(33)25-21-23-15-10-12-18-27(23)32(29(25)34)22-24-16-9-11-17-26(24)30/h9-12,15-18,25H,3-8,13-14,19-22H2,1-2H3. The molecule has 5 heteroatoms. The largest absolute Gasteiger partial charge is 0.342 e. The summed E-state index contributed by atoms with van der Waals surface area (Å²) < 4.78 is 0. The van der Waals surface area contributed by atoms with Crippen LogP contribution in [0.5, 0.6) is 0 Å². The van der Waals surface area contributed by atoms with E-state index in [4.69, 9.17) is 11.6 Å². The number of fused-ring (bicyclic) bond motifs is 1. The molecule has 3 rings (SSSR count). The van der Waals surface area contributed by atoms with Gasteiger partial charge in [0.25, 0.3) is 0 Å². The summed E-state index contributed by atoms with van der Waals surface area (Å²) in [4.78, 5) is 31.2.